The summed E-state index contributed by atoms with van der Waals surface area (Å²) in [6, 6.07) is 1.84. The van der Waals surface area contributed by atoms with Crippen LogP contribution in [-0.4, -0.2) is 36.5 Å². The third-order valence-corrected chi connectivity index (χ3v) is 2.29. The first-order chi connectivity index (χ1) is 7.02. The van der Waals surface area contributed by atoms with Crippen LogP contribution in [0.2, 0.25) is 0 Å². The summed E-state index contributed by atoms with van der Waals surface area (Å²) in [6.45, 7) is 9.58. The Balaban J connectivity index is 4.11. The Morgan fingerprint density at radius 1 is 1.47 bits per heavy atom. The second-order valence-corrected chi connectivity index (χ2v) is 4.04. The summed E-state index contributed by atoms with van der Waals surface area (Å²) in [5.74, 6) is 0.452. The number of amides is 1. The fraction of sp³-hybridized carbons (Fsp3) is 0.818. The minimum Gasteiger partial charge on any atom is -0.354 e. The van der Waals surface area contributed by atoms with Gasteiger partial charge in [0.15, 0.2) is 0 Å². The maximum absolute atomic E-state index is 11.7. The van der Waals surface area contributed by atoms with E-state index in [0.717, 1.165) is 0 Å². The highest BCUT2D eigenvalue weighted by molar-refractivity contribution is 5.81. The quantitative estimate of drug-likeness (QED) is 0.667. The van der Waals surface area contributed by atoms with E-state index in [9.17, 15) is 4.79 Å². The third kappa shape index (κ3) is 5.38. The van der Waals surface area contributed by atoms with Gasteiger partial charge in [-0.25, -0.2) is 0 Å². The van der Waals surface area contributed by atoms with Crippen LogP contribution in [0.4, 0.5) is 0 Å². The number of nitrogens with one attached hydrogen (secondary N) is 1. The molecule has 15 heavy (non-hydrogen) atoms. The molecule has 0 fully saturated rings. The Bertz CT molecular complexity index is 232. The molecule has 1 amide bonds. The van der Waals surface area contributed by atoms with Gasteiger partial charge < -0.3 is 5.32 Å². The Kier molecular flexibility index (Phi) is 6.72. The SMILES string of the molecule is CCN(CC#N)C(C)C(=O)NCC(C)C. The van der Waals surface area contributed by atoms with Gasteiger partial charge in [-0.05, 0) is 19.4 Å². The molecule has 0 aromatic rings. The van der Waals surface area contributed by atoms with Crippen LogP contribution in [0.3, 0.4) is 0 Å². The molecule has 1 unspecified atom stereocenters. The second-order valence-electron chi connectivity index (χ2n) is 4.04. The van der Waals surface area contributed by atoms with Crippen LogP contribution in [0, 0.1) is 17.2 Å². The predicted molar refractivity (Wildman–Crippen MR) is 60.2 cm³/mol. The lowest BCUT2D eigenvalue weighted by molar-refractivity contribution is -0.125. The molecule has 0 rings (SSSR count). The first-order valence-corrected chi connectivity index (χ1v) is 5.41. The van der Waals surface area contributed by atoms with Crippen LogP contribution in [0.25, 0.3) is 0 Å². The largest absolute Gasteiger partial charge is 0.354 e. The molecule has 0 aliphatic heterocycles. The second kappa shape index (κ2) is 7.24. The molecule has 0 saturated heterocycles. The molecule has 86 valence electrons. The van der Waals surface area contributed by atoms with Crippen molar-refractivity contribution in [3.8, 4) is 6.07 Å². The Hall–Kier alpha value is -1.08. The summed E-state index contributed by atoms with van der Waals surface area (Å²) in [6.07, 6.45) is 0. The van der Waals surface area contributed by atoms with Crippen LogP contribution in [0.5, 0.6) is 0 Å². The summed E-state index contributed by atoms with van der Waals surface area (Å²) in [4.78, 5) is 13.5. The molecule has 0 bridgehead atoms. The van der Waals surface area contributed by atoms with Crippen LogP contribution >= 0.6 is 0 Å². The summed E-state index contributed by atoms with van der Waals surface area (Å²) in [7, 11) is 0. The number of carbonyl (C=O) groups excluding carboxylic acids is 1. The van der Waals surface area contributed by atoms with Gasteiger partial charge in [-0.1, -0.05) is 20.8 Å². The molecule has 0 spiro atoms. The number of likely N-dealkylation sites (N-methyl/N-ethyl adjacent to an activating group) is 1. The third-order valence-electron chi connectivity index (χ3n) is 2.29. The van der Waals surface area contributed by atoms with E-state index < -0.39 is 0 Å². The molecule has 0 aromatic heterocycles. The van der Waals surface area contributed by atoms with Crippen molar-refractivity contribution < 1.29 is 4.79 Å². The molecule has 0 aliphatic carbocycles. The lowest BCUT2D eigenvalue weighted by Gasteiger charge is -2.24. The van der Waals surface area contributed by atoms with E-state index in [0.29, 0.717) is 25.6 Å². The van der Waals surface area contributed by atoms with Gasteiger partial charge in [-0.2, -0.15) is 5.26 Å². The van der Waals surface area contributed by atoms with Crippen molar-refractivity contribution in [3.05, 3.63) is 0 Å². The number of hydrogen-bond donors (Lipinski definition) is 1. The lowest BCUT2D eigenvalue weighted by atomic mass is 10.2. The van der Waals surface area contributed by atoms with Gasteiger partial charge in [-0.15, -0.1) is 0 Å². The summed E-state index contributed by atoms with van der Waals surface area (Å²) >= 11 is 0. The summed E-state index contributed by atoms with van der Waals surface area (Å²) in [5, 5.41) is 11.5. The van der Waals surface area contributed by atoms with Gasteiger partial charge >= 0.3 is 0 Å². The van der Waals surface area contributed by atoms with Crippen LogP contribution in [0.1, 0.15) is 27.7 Å². The van der Waals surface area contributed by atoms with Crippen molar-refractivity contribution in [2.45, 2.75) is 33.7 Å². The van der Waals surface area contributed by atoms with Gasteiger partial charge in [0.05, 0.1) is 18.7 Å². The van der Waals surface area contributed by atoms with E-state index in [1.807, 2.05) is 18.7 Å². The summed E-state index contributed by atoms with van der Waals surface area (Å²) < 4.78 is 0. The van der Waals surface area contributed by atoms with E-state index >= 15 is 0 Å². The minimum absolute atomic E-state index is 0.000741. The molecule has 0 heterocycles. The van der Waals surface area contributed by atoms with Gasteiger partial charge in [0.1, 0.15) is 0 Å². The van der Waals surface area contributed by atoms with Crippen molar-refractivity contribution in [2.75, 3.05) is 19.6 Å². The molecule has 1 N–H and O–H groups in total. The standard InChI is InChI=1S/C11H21N3O/c1-5-14(7-6-12)10(4)11(15)13-8-9(2)3/h9-10H,5,7-8H2,1-4H3,(H,13,15). The topological polar surface area (TPSA) is 56.1 Å². The minimum atomic E-state index is -0.228. The number of nitriles is 1. The Morgan fingerprint density at radius 2 is 2.07 bits per heavy atom. The lowest BCUT2D eigenvalue weighted by Crippen LogP contribution is -2.46. The van der Waals surface area contributed by atoms with Crippen molar-refractivity contribution >= 4 is 5.91 Å². The zero-order chi connectivity index (χ0) is 11.8. The number of hydrogen-bond acceptors (Lipinski definition) is 3. The summed E-state index contributed by atoms with van der Waals surface area (Å²) in [5.41, 5.74) is 0. The van der Waals surface area contributed by atoms with Gasteiger partial charge in [0.25, 0.3) is 0 Å². The van der Waals surface area contributed by atoms with E-state index in [4.69, 9.17) is 5.26 Å². The smallest absolute Gasteiger partial charge is 0.237 e. The normalized spacial score (nSPS) is 12.6. The van der Waals surface area contributed by atoms with E-state index in [2.05, 4.69) is 25.2 Å². The average molecular weight is 211 g/mol. The highest BCUT2D eigenvalue weighted by Crippen LogP contribution is 1.98. The molecule has 1 atom stereocenters. The zero-order valence-electron chi connectivity index (χ0n) is 10.1. The van der Waals surface area contributed by atoms with Crippen LogP contribution < -0.4 is 5.32 Å². The van der Waals surface area contributed by atoms with E-state index in [-0.39, 0.29) is 11.9 Å². The van der Waals surface area contributed by atoms with Crippen LogP contribution in [-0.2, 0) is 4.79 Å². The Morgan fingerprint density at radius 3 is 2.47 bits per heavy atom. The number of rotatable bonds is 6. The molecule has 0 aromatic carbocycles. The first kappa shape index (κ1) is 13.9. The monoisotopic (exact) mass is 211 g/mol. The molecule has 4 nitrogen and oxygen atoms in total. The predicted octanol–water partition coefficient (Wildman–Crippen LogP) is 0.993. The van der Waals surface area contributed by atoms with Crippen molar-refractivity contribution in [2.24, 2.45) is 5.92 Å². The molecular formula is C11H21N3O. The molecule has 4 heteroatoms. The average Bonchev–Trinajstić information content (AvgIpc) is 2.21. The molecule has 0 saturated carbocycles. The highest BCUT2D eigenvalue weighted by atomic mass is 16.2. The fourth-order valence-electron chi connectivity index (χ4n) is 1.23. The van der Waals surface area contributed by atoms with Crippen molar-refractivity contribution in [1.29, 1.82) is 5.26 Å². The maximum atomic E-state index is 11.7. The van der Waals surface area contributed by atoms with E-state index in [1.54, 1.807) is 0 Å². The van der Waals surface area contributed by atoms with Gasteiger partial charge in [0, 0.05) is 6.54 Å². The van der Waals surface area contributed by atoms with E-state index in [1.165, 1.54) is 0 Å². The number of carbonyl (C=O) groups is 1. The van der Waals surface area contributed by atoms with Gasteiger partial charge in [-0.3, -0.25) is 9.69 Å². The maximum Gasteiger partial charge on any atom is 0.237 e. The van der Waals surface area contributed by atoms with Crippen molar-refractivity contribution in [1.82, 2.24) is 10.2 Å². The zero-order valence-corrected chi connectivity index (χ0v) is 10.1. The molecular weight excluding hydrogens is 190 g/mol. The molecule has 0 radical (unpaired) electrons. The van der Waals surface area contributed by atoms with Crippen molar-refractivity contribution in [3.63, 3.8) is 0 Å². The van der Waals surface area contributed by atoms with Crippen LogP contribution in [0.15, 0.2) is 0 Å². The molecule has 0 aliphatic rings. The Labute approximate surface area is 92.3 Å². The fourth-order valence-corrected chi connectivity index (χ4v) is 1.23. The van der Waals surface area contributed by atoms with Gasteiger partial charge in [0.2, 0.25) is 5.91 Å². The number of nitrogens with zero attached hydrogens (tertiary/aromatic N) is 2. The first-order valence-electron chi connectivity index (χ1n) is 5.41. The highest BCUT2D eigenvalue weighted by Gasteiger charge is 2.19.